The number of ether oxygens (including phenoxy) is 1. The number of rotatable bonds is 5. The Kier molecular flexibility index (Phi) is 5.39. The van der Waals surface area contributed by atoms with Gasteiger partial charge in [0.05, 0.1) is 13.0 Å². The Morgan fingerprint density at radius 3 is 2.90 bits per heavy atom. The van der Waals surface area contributed by atoms with Gasteiger partial charge >= 0.3 is 0 Å². The van der Waals surface area contributed by atoms with Crippen LogP contribution in [0.4, 0.5) is 0 Å². The van der Waals surface area contributed by atoms with E-state index < -0.39 is 0 Å². The predicted octanol–water partition coefficient (Wildman–Crippen LogP) is 1.58. The third kappa shape index (κ3) is 3.46. The molecule has 2 saturated heterocycles. The first-order valence-corrected chi connectivity index (χ1v) is 7.81. The molecule has 0 bridgehead atoms. The average molecular weight is 294 g/mol. The van der Waals surface area contributed by atoms with Crippen molar-refractivity contribution in [2.75, 3.05) is 33.4 Å². The molecule has 0 radical (unpaired) electrons. The molecule has 0 aliphatic carbocycles. The molecule has 0 aromatic carbocycles. The fourth-order valence-electron chi connectivity index (χ4n) is 3.59. The number of methoxy groups -OCH3 is 1. The van der Waals surface area contributed by atoms with Crippen LogP contribution < -0.4 is 0 Å². The lowest BCUT2D eigenvalue weighted by Gasteiger charge is -2.37. The zero-order chi connectivity index (χ0) is 15.3. The van der Waals surface area contributed by atoms with Gasteiger partial charge in [-0.3, -0.25) is 9.59 Å². The molecule has 0 aromatic rings. The average Bonchev–Trinajstić information content (AvgIpc) is 2.67. The summed E-state index contributed by atoms with van der Waals surface area (Å²) in [6.45, 7) is 6.39. The molecule has 5 heteroatoms. The van der Waals surface area contributed by atoms with Gasteiger partial charge in [-0.25, -0.2) is 0 Å². The summed E-state index contributed by atoms with van der Waals surface area (Å²) in [5, 5.41) is 0. The molecule has 2 heterocycles. The smallest absolute Gasteiger partial charge is 0.224 e. The van der Waals surface area contributed by atoms with Crippen LogP contribution in [0, 0.1) is 0 Å². The molecule has 5 nitrogen and oxygen atoms in total. The van der Waals surface area contributed by atoms with Crippen LogP contribution in [-0.2, 0) is 14.3 Å². The third-order valence-electron chi connectivity index (χ3n) is 4.78. The monoisotopic (exact) mass is 294 g/mol. The summed E-state index contributed by atoms with van der Waals surface area (Å²) in [5.41, 5.74) is -0.0540. The molecular weight excluding hydrogens is 268 g/mol. The van der Waals surface area contributed by atoms with Crippen LogP contribution in [0.2, 0.25) is 0 Å². The van der Waals surface area contributed by atoms with Gasteiger partial charge in [0.25, 0.3) is 0 Å². The van der Waals surface area contributed by atoms with Gasteiger partial charge in [0.1, 0.15) is 0 Å². The second kappa shape index (κ2) is 7.07. The first kappa shape index (κ1) is 16.0. The van der Waals surface area contributed by atoms with Crippen LogP contribution in [0.15, 0.2) is 12.7 Å². The largest absolute Gasteiger partial charge is 0.384 e. The van der Waals surface area contributed by atoms with Gasteiger partial charge in [0.2, 0.25) is 11.8 Å². The maximum Gasteiger partial charge on any atom is 0.224 e. The molecule has 118 valence electrons. The summed E-state index contributed by atoms with van der Waals surface area (Å²) in [6, 6.07) is 0. The van der Waals surface area contributed by atoms with Gasteiger partial charge < -0.3 is 14.5 Å². The van der Waals surface area contributed by atoms with E-state index in [1.807, 2.05) is 9.80 Å². The SMILES string of the molecule is C=CCN1C(=O)CC[C@]12CCCN(C(=O)CCOC)CC2. The summed E-state index contributed by atoms with van der Waals surface area (Å²) in [4.78, 5) is 28.1. The number of carbonyl (C=O) groups is 2. The minimum absolute atomic E-state index is 0.0540. The molecule has 0 aromatic heterocycles. The second-order valence-corrected chi connectivity index (χ2v) is 5.99. The van der Waals surface area contributed by atoms with E-state index in [1.54, 1.807) is 13.2 Å². The maximum atomic E-state index is 12.1. The minimum atomic E-state index is -0.0540. The molecule has 2 fully saturated rings. The fraction of sp³-hybridized carbons (Fsp3) is 0.750. The Balaban J connectivity index is 2.01. The molecule has 1 spiro atoms. The van der Waals surface area contributed by atoms with E-state index in [0.29, 0.717) is 26.0 Å². The number of likely N-dealkylation sites (tertiary alicyclic amines) is 2. The highest BCUT2D eigenvalue weighted by atomic mass is 16.5. The van der Waals surface area contributed by atoms with Crippen molar-refractivity contribution in [3.63, 3.8) is 0 Å². The highest BCUT2D eigenvalue weighted by molar-refractivity contribution is 5.80. The summed E-state index contributed by atoms with van der Waals surface area (Å²) in [7, 11) is 1.61. The van der Waals surface area contributed by atoms with Crippen LogP contribution in [0.5, 0.6) is 0 Å². The third-order valence-corrected chi connectivity index (χ3v) is 4.78. The number of amides is 2. The van der Waals surface area contributed by atoms with Gasteiger partial charge in [-0.05, 0) is 25.7 Å². The molecule has 2 amide bonds. The highest BCUT2D eigenvalue weighted by Crippen LogP contribution is 2.39. The first-order chi connectivity index (χ1) is 10.1. The standard InChI is InChI=1S/C16H26N2O3/c1-3-10-18-15(20)5-8-16(18)7-4-11-17(12-9-16)14(19)6-13-21-2/h3H,1,4-13H2,2H3/t16-/m0/s1. The number of nitrogens with zero attached hydrogens (tertiary/aromatic N) is 2. The van der Waals surface area contributed by atoms with E-state index in [4.69, 9.17) is 4.74 Å². The minimum Gasteiger partial charge on any atom is -0.384 e. The van der Waals surface area contributed by atoms with Crippen LogP contribution in [0.25, 0.3) is 0 Å². The van der Waals surface area contributed by atoms with E-state index in [-0.39, 0.29) is 17.4 Å². The fourth-order valence-corrected chi connectivity index (χ4v) is 3.59. The van der Waals surface area contributed by atoms with Crippen molar-refractivity contribution in [1.82, 2.24) is 9.80 Å². The van der Waals surface area contributed by atoms with Crippen LogP contribution in [0.3, 0.4) is 0 Å². The topological polar surface area (TPSA) is 49.9 Å². The van der Waals surface area contributed by atoms with Crippen LogP contribution >= 0.6 is 0 Å². The lowest BCUT2D eigenvalue weighted by molar-refractivity contribution is -0.132. The highest BCUT2D eigenvalue weighted by Gasteiger charge is 2.45. The number of carbonyl (C=O) groups excluding carboxylic acids is 2. The van der Waals surface area contributed by atoms with Crippen molar-refractivity contribution >= 4 is 11.8 Å². The van der Waals surface area contributed by atoms with Gasteiger partial charge in [0.15, 0.2) is 0 Å². The van der Waals surface area contributed by atoms with E-state index in [2.05, 4.69) is 6.58 Å². The van der Waals surface area contributed by atoms with E-state index >= 15 is 0 Å². The lowest BCUT2D eigenvalue weighted by Crippen LogP contribution is -2.46. The van der Waals surface area contributed by atoms with E-state index in [1.165, 1.54) is 0 Å². The zero-order valence-corrected chi connectivity index (χ0v) is 13.0. The van der Waals surface area contributed by atoms with Gasteiger partial charge in [-0.1, -0.05) is 6.08 Å². The van der Waals surface area contributed by atoms with Gasteiger partial charge in [0, 0.05) is 38.7 Å². The Labute approximate surface area is 126 Å². The van der Waals surface area contributed by atoms with Crippen molar-refractivity contribution in [3.05, 3.63) is 12.7 Å². The van der Waals surface area contributed by atoms with Crippen LogP contribution in [-0.4, -0.2) is 60.5 Å². The normalized spacial score (nSPS) is 26.2. The van der Waals surface area contributed by atoms with Crippen molar-refractivity contribution < 1.29 is 14.3 Å². The molecule has 0 N–H and O–H groups in total. The molecule has 0 saturated carbocycles. The van der Waals surface area contributed by atoms with Gasteiger partial charge in [-0.15, -0.1) is 6.58 Å². The van der Waals surface area contributed by atoms with Crippen molar-refractivity contribution in [1.29, 1.82) is 0 Å². The van der Waals surface area contributed by atoms with E-state index in [0.717, 1.165) is 38.8 Å². The Hall–Kier alpha value is -1.36. The predicted molar refractivity (Wildman–Crippen MR) is 80.8 cm³/mol. The first-order valence-electron chi connectivity index (χ1n) is 7.81. The Bertz CT molecular complexity index is 410. The molecule has 1 atom stereocenters. The zero-order valence-electron chi connectivity index (χ0n) is 13.0. The van der Waals surface area contributed by atoms with Crippen molar-refractivity contribution in [3.8, 4) is 0 Å². The summed E-state index contributed by atoms with van der Waals surface area (Å²) in [6.07, 6.45) is 6.62. The molecule has 2 aliphatic rings. The maximum absolute atomic E-state index is 12.1. The number of hydrogen-bond donors (Lipinski definition) is 0. The second-order valence-electron chi connectivity index (χ2n) is 5.99. The van der Waals surface area contributed by atoms with Crippen molar-refractivity contribution in [2.24, 2.45) is 0 Å². The molecule has 0 unspecified atom stereocenters. The lowest BCUT2D eigenvalue weighted by atomic mass is 9.87. The molecule has 2 aliphatic heterocycles. The molecule has 21 heavy (non-hydrogen) atoms. The summed E-state index contributed by atoms with van der Waals surface area (Å²) in [5.74, 6) is 0.391. The summed E-state index contributed by atoms with van der Waals surface area (Å²) < 4.78 is 4.98. The van der Waals surface area contributed by atoms with E-state index in [9.17, 15) is 9.59 Å². The van der Waals surface area contributed by atoms with Crippen molar-refractivity contribution in [2.45, 2.75) is 44.1 Å². The molecule has 2 rings (SSSR count). The Morgan fingerprint density at radius 1 is 1.38 bits per heavy atom. The molecular formula is C16H26N2O3. The summed E-state index contributed by atoms with van der Waals surface area (Å²) >= 11 is 0. The quantitative estimate of drug-likeness (QED) is 0.723. The Morgan fingerprint density at radius 2 is 2.19 bits per heavy atom. The van der Waals surface area contributed by atoms with Gasteiger partial charge in [-0.2, -0.15) is 0 Å². The van der Waals surface area contributed by atoms with Crippen LogP contribution in [0.1, 0.15) is 38.5 Å². The number of hydrogen-bond acceptors (Lipinski definition) is 3.